The van der Waals surface area contributed by atoms with Gasteiger partial charge in [-0.25, -0.2) is 0 Å². The fourth-order valence-electron chi connectivity index (χ4n) is 3.66. The number of methoxy groups -OCH3 is 2. The summed E-state index contributed by atoms with van der Waals surface area (Å²) in [5, 5.41) is 3.06. The van der Waals surface area contributed by atoms with Crippen LogP contribution >= 0.6 is 0 Å². The molecule has 1 heterocycles. The van der Waals surface area contributed by atoms with Crippen molar-refractivity contribution in [1.82, 2.24) is 9.80 Å². The lowest BCUT2D eigenvalue weighted by atomic mass is 10.1. The summed E-state index contributed by atoms with van der Waals surface area (Å²) in [4.78, 5) is 17.3. The predicted octanol–water partition coefficient (Wildman–Crippen LogP) is 3.16. The van der Waals surface area contributed by atoms with Crippen LogP contribution in [0.1, 0.15) is 18.1 Å². The van der Waals surface area contributed by atoms with Crippen molar-refractivity contribution in [2.24, 2.45) is 0 Å². The average molecular weight is 398 g/mol. The maximum absolute atomic E-state index is 12.7. The topological polar surface area (TPSA) is 54.0 Å². The van der Waals surface area contributed by atoms with Gasteiger partial charge in [0.05, 0.1) is 20.3 Å². The van der Waals surface area contributed by atoms with E-state index in [0.717, 1.165) is 55.5 Å². The molecule has 6 heteroatoms. The molecule has 1 saturated heterocycles. The van der Waals surface area contributed by atoms with E-state index >= 15 is 0 Å². The second-order valence-corrected chi connectivity index (χ2v) is 7.48. The maximum Gasteiger partial charge on any atom is 0.241 e. The first-order valence-electron chi connectivity index (χ1n) is 10.1. The monoisotopic (exact) mass is 397 g/mol. The van der Waals surface area contributed by atoms with E-state index in [1.54, 1.807) is 14.2 Å². The Balaban J connectivity index is 1.52. The number of carbonyl (C=O) groups excluding carboxylic acids is 1. The van der Waals surface area contributed by atoms with Crippen LogP contribution in [0.3, 0.4) is 0 Å². The summed E-state index contributed by atoms with van der Waals surface area (Å²) in [6.07, 6.45) is 0. The van der Waals surface area contributed by atoms with Crippen LogP contribution in [-0.4, -0.2) is 62.1 Å². The van der Waals surface area contributed by atoms with Gasteiger partial charge in [0.2, 0.25) is 5.91 Å². The summed E-state index contributed by atoms with van der Waals surface area (Å²) in [5.41, 5.74) is 3.16. The SMILES string of the molecule is COc1ccc(CN2CCN([C@@H](C)C(=O)Nc3ccccc3C)CC2)cc1OC. The van der Waals surface area contributed by atoms with E-state index in [9.17, 15) is 4.79 Å². The van der Waals surface area contributed by atoms with Crippen LogP contribution in [0.5, 0.6) is 11.5 Å². The van der Waals surface area contributed by atoms with Gasteiger partial charge in [-0.3, -0.25) is 14.6 Å². The molecule has 0 radical (unpaired) electrons. The summed E-state index contributed by atoms with van der Waals surface area (Å²) in [6.45, 7) is 8.45. The molecule has 2 aromatic carbocycles. The van der Waals surface area contributed by atoms with Crippen molar-refractivity contribution >= 4 is 11.6 Å². The van der Waals surface area contributed by atoms with Gasteiger partial charge in [-0.05, 0) is 43.2 Å². The Morgan fingerprint density at radius 3 is 2.38 bits per heavy atom. The molecule has 0 bridgehead atoms. The number of benzene rings is 2. The highest BCUT2D eigenvalue weighted by molar-refractivity contribution is 5.95. The fourth-order valence-corrected chi connectivity index (χ4v) is 3.66. The molecule has 0 aliphatic carbocycles. The number of amides is 1. The van der Waals surface area contributed by atoms with Crippen molar-refractivity contribution in [1.29, 1.82) is 0 Å². The van der Waals surface area contributed by atoms with Gasteiger partial charge in [-0.15, -0.1) is 0 Å². The zero-order valence-corrected chi connectivity index (χ0v) is 17.8. The molecule has 1 aliphatic heterocycles. The summed E-state index contributed by atoms with van der Waals surface area (Å²) in [6, 6.07) is 13.8. The molecule has 0 aromatic heterocycles. The van der Waals surface area contributed by atoms with Crippen LogP contribution in [0, 0.1) is 6.92 Å². The minimum absolute atomic E-state index is 0.0487. The van der Waals surface area contributed by atoms with Crippen LogP contribution in [-0.2, 0) is 11.3 Å². The van der Waals surface area contributed by atoms with E-state index in [2.05, 4.69) is 21.2 Å². The number of aryl methyl sites for hydroxylation is 1. The third kappa shape index (κ3) is 5.28. The Morgan fingerprint density at radius 2 is 1.72 bits per heavy atom. The number of ether oxygens (including phenoxy) is 2. The molecule has 0 spiro atoms. The minimum atomic E-state index is -0.155. The number of piperazine rings is 1. The zero-order valence-electron chi connectivity index (χ0n) is 17.8. The minimum Gasteiger partial charge on any atom is -0.493 e. The molecule has 1 amide bonds. The zero-order chi connectivity index (χ0) is 20.8. The van der Waals surface area contributed by atoms with Crippen molar-refractivity contribution in [3.05, 3.63) is 53.6 Å². The second-order valence-electron chi connectivity index (χ2n) is 7.48. The number of hydrogen-bond donors (Lipinski definition) is 1. The first kappa shape index (κ1) is 21.1. The normalized spacial score (nSPS) is 16.3. The van der Waals surface area contributed by atoms with Gasteiger partial charge >= 0.3 is 0 Å². The van der Waals surface area contributed by atoms with Gasteiger partial charge in [-0.1, -0.05) is 24.3 Å². The van der Waals surface area contributed by atoms with E-state index in [-0.39, 0.29) is 11.9 Å². The van der Waals surface area contributed by atoms with E-state index in [1.165, 1.54) is 5.56 Å². The number of nitrogens with one attached hydrogen (secondary N) is 1. The van der Waals surface area contributed by atoms with E-state index in [4.69, 9.17) is 9.47 Å². The van der Waals surface area contributed by atoms with Crippen LogP contribution < -0.4 is 14.8 Å². The molecule has 6 nitrogen and oxygen atoms in total. The fraction of sp³-hybridized carbons (Fsp3) is 0.435. The van der Waals surface area contributed by atoms with Crippen LogP contribution in [0.2, 0.25) is 0 Å². The van der Waals surface area contributed by atoms with E-state index in [1.807, 2.05) is 50.2 Å². The summed E-state index contributed by atoms with van der Waals surface area (Å²) in [5.74, 6) is 1.55. The smallest absolute Gasteiger partial charge is 0.241 e. The standard InChI is InChI=1S/C23H31N3O3/c1-17-7-5-6-8-20(17)24-23(27)18(2)26-13-11-25(12-14-26)16-19-9-10-21(28-3)22(15-19)29-4/h5-10,15,18H,11-14,16H2,1-4H3,(H,24,27)/t18-/m0/s1. The van der Waals surface area contributed by atoms with Gasteiger partial charge in [-0.2, -0.15) is 0 Å². The largest absolute Gasteiger partial charge is 0.493 e. The van der Waals surface area contributed by atoms with Crippen molar-refractivity contribution in [3.8, 4) is 11.5 Å². The van der Waals surface area contributed by atoms with Gasteiger partial charge in [0.1, 0.15) is 0 Å². The van der Waals surface area contributed by atoms with Gasteiger partial charge in [0.25, 0.3) is 0 Å². The van der Waals surface area contributed by atoms with Gasteiger partial charge < -0.3 is 14.8 Å². The number of rotatable bonds is 7. The maximum atomic E-state index is 12.7. The Hall–Kier alpha value is -2.57. The molecule has 156 valence electrons. The quantitative estimate of drug-likeness (QED) is 0.778. The first-order chi connectivity index (χ1) is 14.0. The Labute approximate surface area is 173 Å². The Kier molecular flexibility index (Phi) is 7.12. The molecular formula is C23H31N3O3. The molecular weight excluding hydrogens is 366 g/mol. The highest BCUT2D eigenvalue weighted by Crippen LogP contribution is 2.28. The average Bonchev–Trinajstić information content (AvgIpc) is 2.75. The highest BCUT2D eigenvalue weighted by Gasteiger charge is 2.26. The lowest BCUT2D eigenvalue weighted by Gasteiger charge is -2.37. The lowest BCUT2D eigenvalue weighted by molar-refractivity contribution is -0.121. The molecule has 2 aromatic rings. The van der Waals surface area contributed by atoms with Gasteiger partial charge in [0, 0.05) is 38.4 Å². The third-order valence-electron chi connectivity index (χ3n) is 5.59. The molecule has 29 heavy (non-hydrogen) atoms. The molecule has 1 fully saturated rings. The second kappa shape index (κ2) is 9.76. The van der Waals surface area contributed by atoms with Crippen molar-refractivity contribution < 1.29 is 14.3 Å². The van der Waals surface area contributed by atoms with Crippen molar-refractivity contribution in [2.45, 2.75) is 26.4 Å². The van der Waals surface area contributed by atoms with Crippen molar-refractivity contribution in [3.63, 3.8) is 0 Å². The number of hydrogen-bond acceptors (Lipinski definition) is 5. The Bertz CT molecular complexity index is 832. The van der Waals surface area contributed by atoms with Crippen molar-refractivity contribution in [2.75, 3.05) is 45.7 Å². The number of anilines is 1. The number of nitrogens with zero attached hydrogens (tertiary/aromatic N) is 2. The molecule has 1 N–H and O–H groups in total. The van der Waals surface area contributed by atoms with Crippen LogP contribution in [0.15, 0.2) is 42.5 Å². The lowest BCUT2D eigenvalue weighted by Crippen LogP contribution is -2.52. The first-order valence-corrected chi connectivity index (χ1v) is 10.1. The molecule has 1 atom stereocenters. The van der Waals surface area contributed by atoms with Crippen LogP contribution in [0.4, 0.5) is 5.69 Å². The number of para-hydroxylation sites is 1. The third-order valence-corrected chi connectivity index (χ3v) is 5.59. The Morgan fingerprint density at radius 1 is 1.03 bits per heavy atom. The molecule has 0 unspecified atom stereocenters. The van der Waals surface area contributed by atoms with E-state index < -0.39 is 0 Å². The molecule has 0 saturated carbocycles. The summed E-state index contributed by atoms with van der Waals surface area (Å²) >= 11 is 0. The number of carbonyl (C=O) groups is 1. The highest BCUT2D eigenvalue weighted by atomic mass is 16.5. The summed E-state index contributed by atoms with van der Waals surface area (Å²) < 4.78 is 10.7. The molecule has 3 rings (SSSR count). The summed E-state index contributed by atoms with van der Waals surface area (Å²) in [7, 11) is 3.30. The molecule has 1 aliphatic rings. The van der Waals surface area contributed by atoms with Crippen LogP contribution in [0.25, 0.3) is 0 Å². The van der Waals surface area contributed by atoms with E-state index in [0.29, 0.717) is 0 Å². The van der Waals surface area contributed by atoms with Gasteiger partial charge in [0.15, 0.2) is 11.5 Å². The predicted molar refractivity (Wildman–Crippen MR) is 116 cm³/mol.